The molecule has 0 saturated heterocycles. The van der Waals surface area contributed by atoms with Gasteiger partial charge < -0.3 is 5.11 Å². The van der Waals surface area contributed by atoms with Crippen LogP contribution in [0.15, 0.2) is 36.5 Å². The first-order valence-corrected chi connectivity index (χ1v) is 5.29. The maximum Gasteiger partial charge on any atom is 0.430 e. The average Bonchev–Trinajstić information content (AvgIpc) is 2.34. The fourth-order valence-corrected chi connectivity index (χ4v) is 1.88. The molecule has 0 aliphatic heterocycles. The molecule has 2 nitrogen and oxygen atoms in total. The summed E-state index contributed by atoms with van der Waals surface area (Å²) in [6.07, 6.45) is -11.0. The molecule has 0 bridgehead atoms. The summed E-state index contributed by atoms with van der Waals surface area (Å²) >= 11 is 0. The summed E-state index contributed by atoms with van der Waals surface area (Å²) in [7, 11) is 0. The van der Waals surface area contributed by atoms with Crippen LogP contribution in [0.2, 0.25) is 0 Å². The standard InChI is InChI=1S/C12H7F6NO.ClH/c13-11(14,15)10(20,12(16,17)18)8-5-6-19-9-4-2-1-3-7(8)9;/h1-6,20H;1H. The number of aliphatic hydroxyl groups is 1. The van der Waals surface area contributed by atoms with E-state index in [9.17, 15) is 31.4 Å². The number of hydrogen-bond acceptors (Lipinski definition) is 2. The molecule has 116 valence electrons. The van der Waals surface area contributed by atoms with Crippen molar-refractivity contribution in [3.63, 3.8) is 0 Å². The zero-order chi connectivity index (χ0) is 15.2. The van der Waals surface area contributed by atoms with Crippen molar-refractivity contribution in [1.29, 1.82) is 0 Å². The predicted molar refractivity (Wildman–Crippen MR) is 65.0 cm³/mol. The van der Waals surface area contributed by atoms with Gasteiger partial charge in [-0.3, -0.25) is 4.98 Å². The van der Waals surface area contributed by atoms with Gasteiger partial charge in [-0.1, -0.05) is 18.2 Å². The number of alkyl halides is 6. The third-order valence-corrected chi connectivity index (χ3v) is 2.86. The second-order valence-corrected chi connectivity index (χ2v) is 4.08. The maximum absolute atomic E-state index is 12.8. The minimum atomic E-state index is -5.91. The number of pyridine rings is 1. The topological polar surface area (TPSA) is 33.1 Å². The van der Waals surface area contributed by atoms with E-state index < -0.39 is 28.9 Å². The number of fused-ring (bicyclic) bond motifs is 1. The lowest BCUT2D eigenvalue weighted by Crippen LogP contribution is -2.54. The van der Waals surface area contributed by atoms with Gasteiger partial charge in [0.1, 0.15) is 0 Å². The van der Waals surface area contributed by atoms with E-state index in [0.29, 0.717) is 6.07 Å². The Bertz CT molecular complexity index is 620. The molecular formula is C12H8ClF6NO. The summed E-state index contributed by atoms with van der Waals surface area (Å²) < 4.78 is 76.9. The predicted octanol–water partition coefficient (Wildman–Crippen LogP) is 3.97. The van der Waals surface area contributed by atoms with E-state index in [0.717, 1.165) is 12.3 Å². The molecule has 9 heteroatoms. The molecule has 0 radical (unpaired) electrons. The fraction of sp³-hybridized carbons (Fsp3) is 0.250. The van der Waals surface area contributed by atoms with Crippen molar-refractivity contribution >= 4 is 23.3 Å². The lowest BCUT2D eigenvalue weighted by atomic mass is 9.89. The minimum absolute atomic E-state index is 0. The van der Waals surface area contributed by atoms with Crippen molar-refractivity contribution in [2.45, 2.75) is 18.0 Å². The third kappa shape index (κ3) is 2.65. The molecule has 1 heterocycles. The van der Waals surface area contributed by atoms with Gasteiger partial charge >= 0.3 is 12.4 Å². The van der Waals surface area contributed by atoms with E-state index in [2.05, 4.69) is 4.98 Å². The lowest BCUT2D eigenvalue weighted by Gasteiger charge is -2.33. The van der Waals surface area contributed by atoms with Crippen LogP contribution >= 0.6 is 12.4 Å². The third-order valence-electron chi connectivity index (χ3n) is 2.86. The summed E-state index contributed by atoms with van der Waals surface area (Å²) in [4.78, 5) is 3.67. The quantitative estimate of drug-likeness (QED) is 0.802. The molecule has 0 spiro atoms. The molecule has 2 rings (SSSR count). The first-order valence-electron chi connectivity index (χ1n) is 5.29. The SMILES string of the molecule is Cl.OC(c1ccnc2ccccc12)(C(F)(F)F)C(F)(F)F. The Kier molecular flexibility index (Phi) is 4.45. The van der Waals surface area contributed by atoms with E-state index >= 15 is 0 Å². The molecule has 21 heavy (non-hydrogen) atoms. The minimum Gasteiger partial charge on any atom is -0.369 e. The highest BCUT2D eigenvalue weighted by Gasteiger charge is 2.71. The Morgan fingerprint density at radius 2 is 1.38 bits per heavy atom. The van der Waals surface area contributed by atoms with Crippen LogP contribution in [0.5, 0.6) is 0 Å². The number of aromatic nitrogens is 1. The Balaban J connectivity index is 0.00000220. The van der Waals surface area contributed by atoms with Gasteiger partial charge in [0.25, 0.3) is 5.60 Å². The van der Waals surface area contributed by atoms with Crippen molar-refractivity contribution in [2.75, 3.05) is 0 Å². The van der Waals surface area contributed by atoms with Crippen molar-refractivity contribution in [3.8, 4) is 0 Å². The molecule has 2 aromatic rings. The average molecular weight is 332 g/mol. The zero-order valence-corrected chi connectivity index (χ0v) is 10.9. The molecule has 0 atom stereocenters. The molecule has 1 aromatic heterocycles. The lowest BCUT2D eigenvalue weighted by molar-refractivity contribution is -0.375. The Hall–Kier alpha value is -1.54. The molecule has 0 amide bonds. The van der Waals surface area contributed by atoms with Crippen LogP contribution in [-0.4, -0.2) is 22.4 Å². The molecular weight excluding hydrogens is 324 g/mol. The van der Waals surface area contributed by atoms with E-state index in [4.69, 9.17) is 0 Å². The summed E-state index contributed by atoms with van der Waals surface area (Å²) in [6, 6.07) is 5.50. The largest absolute Gasteiger partial charge is 0.430 e. The molecule has 1 aromatic carbocycles. The van der Waals surface area contributed by atoms with Crippen LogP contribution in [0.1, 0.15) is 5.56 Å². The number of nitrogens with zero attached hydrogens (tertiary/aromatic N) is 1. The van der Waals surface area contributed by atoms with Gasteiger partial charge in [-0.15, -0.1) is 12.4 Å². The summed E-state index contributed by atoms with van der Waals surface area (Å²) in [5, 5.41) is 8.97. The van der Waals surface area contributed by atoms with E-state index in [1.54, 1.807) is 0 Å². The van der Waals surface area contributed by atoms with Gasteiger partial charge in [0.15, 0.2) is 0 Å². The van der Waals surface area contributed by atoms with Gasteiger partial charge in [-0.2, -0.15) is 26.3 Å². The van der Waals surface area contributed by atoms with Gasteiger partial charge in [0, 0.05) is 17.1 Å². The molecule has 0 aliphatic rings. The molecule has 0 aliphatic carbocycles. The summed E-state index contributed by atoms with van der Waals surface area (Å²) in [6.45, 7) is 0. The van der Waals surface area contributed by atoms with Crippen molar-refractivity contribution in [1.82, 2.24) is 4.98 Å². The van der Waals surface area contributed by atoms with Crippen LogP contribution in [0.25, 0.3) is 10.9 Å². The monoisotopic (exact) mass is 331 g/mol. The van der Waals surface area contributed by atoms with E-state index in [1.807, 2.05) is 0 Å². The first kappa shape index (κ1) is 17.5. The van der Waals surface area contributed by atoms with Crippen molar-refractivity contribution in [2.24, 2.45) is 0 Å². The van der Waals surface area contributed by atoms with E-state index in [-0.39, 0.29) is 17.9 Å². The summed E-state index contributed by atoms with van der Waals surface area (Å²) in [5.74, 6) is 0. The normalized spacial score (nSPS) is 13.1. The van der Waals surface area contributed by atoms with Crippen molar-refractivity contribution < 1.29 is 31.4 Å². The Labute approximate surface area is 120 Å². The second-order valence-electron chi connectivity index (χ2n) is 4.08. The molecule has 0 unspecified atom stereocenters. The second kappa shape index (κ2) is 5.34. The fourth-order valence-electron chi connectivity index (χ4n) is 1.88. The van der Waals surface area contributed by atoms with Crippen LogP contribution in [0, 0.1) is 0 Å². The van der Waals surface area contributed by atoms with Gasteiger partial charge in [-0.05, 0) is 12.1 Å². The zero-order valence-electron chi connectivity index (χ0n) is 10.0. The van der Waals surface area contributed by atoms with Crippen LogP contribution in [0.3, 0.4) is 0 Å². The van der Waals surface area contributed by atoms with Gasteiger partial charge in [-0.25, -0.2) is 0 Å². The first-order chi connectivity index (χ1) is 9.09. The number of benzene rings is 1. The highest BCUT2D eigenvalue weighted by molar-refractivity contribution is 5.85. The highest BCUT2D eigenvalue weighted by Crippen LogP contribution is 2.51. The maximum atomic E-state index is 12.8. The van der Waals surface area contributed by atoms with Gasteiger partial charge in [0.05, 0.1) is 5.52 Å². The number of hydrogen-bond donors (Lipinski definition) is 1. The Morgan fingerprint density at radius 1 is 0.857 bits per heavy atom. The van der Waals surface area contributed by atoms with Gasteiger partial charge in [0.2, 0.25) is 0 Å². The molecule has 0 fully saturated rings. The van der Waals surface area contributed by atoms with Crippen LogP contribution in [-0.2, 0) is 5.60 Å². The molecule has 1 N–H and O–H groups in total. The molecule has 0 saturated carbocycles. The van der Waals surface area contributed by atoms with Crippen LogP contribution < -0.4 is 0 Å². The van der Waals surface area contributed by atoms with E-state index in [1.165, 1.54) is 18.2 Å². The number of para-hydroxylation sites is 1. The van der Waals surface area contributed by atoms with Crippen molar-refractivity contribution in [3.05, 3.63) is 42.1 Å². The van der Waals surface area contributed by atoms with Crippen LogP contribution in [0.4, 0.5) is 26.3 Å². The Morgan fingerprint density at radius 3 is 1.90 bits per heavy atom. The number of rotatable bonds is 1. The number of halogens is 7. The highest BCUT2D eigenvalue weighted by atomic mass is 35.5. The summed E-state index contributed by atoms with van der Waals surface area (Å²) in [5.41, 5.74) is -6.30. The smallest absolute Gasteiger partial charge is 0.369 e.